The Morgan fingerprint density at radius 1 is 0.846 bits per heavy atom. The largest absolute Gasteiger partial charge is 0.349 e. The number of nitrogens with zero attached hydrogens (tertiary/aromatic N) is 1. The van der Waals surface area contributed by atoms with Gasteiger partial charge in [0, 0.05) is 18.2 Å². The van der Waals surface area contributed by atoms with E-state index in [-0.39, 0.29) is 0 Å². The summed E-state index contributed by atoms with van der Waals surface area (Å²) >= 11 is 0. The average molecular weight is 360 g/mol. The van der Waals surface area contributed by atoms with Gasteiger partial charge in [0.05, 0.1) is 5.69 Å². The van der Waals surface area contributed by atoms with Crippen LogP contribution in [0.2, 0.25) is 0 Å². The van der Waals surface area contributed by atoms with Crippen molar-refractivity contribution >= 4 is 0 Å². The minimum absolute atomic E-state index is 0.408. The molecule has 0 aliphatic heterocycles. The lowest BCUT2D eigenvalue weighted by atomic mass is 9.70. The van der Waals surface area contributed by atoms with Crippen molar-refractivity contribution < 1.29 is 0 Å². The highest BCUT2D eigenvalue weighted by Crippen LogP contribution is 2.42. The van der Waals surface area contributed by atoms with E-state index < -0.39 is 0 Å². The fraction of sp³-hybridized carbons (Fsp3) is 0.870. The highest BCUT2D eigenvalue weighted by molar-refractivity contribution is 5.09. The third-order valence-electron chi connectivity index (χ3n) is 7.04. The first-order valence-electron chi connectivity index (χ1n) is 11.5. The SMILES string of the molecule is Cc1nc([C@H]2CCCCCCCC3CC(N)CCCCCCCC32)c[nH]1. The average Bonchev–Trinajstić information content (AvgIpc) is 3.04. The molecule has 0 spiro atoms. The third-order valence-corrected chi connectivity index (χ3v) is 7.04. The summed E-state index contributed by atoms with van der Waals surface area (Å²) in [6.45, 7) is 2.09. The van der Waals surface area contributed by atoms with Crippen LogP contribution in [-0.4, -0.2) is 16.0 Å². The number of H-pyrrole nitrogens is 1. The summed E-state index contributed by atoms with van der Waals surface area (Å²) in [5.74, 6) is 3.28. The first kappa shape index (κ1) is 19.9. The van der Waals surface area contributed by atoms with Crippen LogP contribution >= 0.6 is 0 Å². The van der Waals surface area contributed by atoms with Crippen LogP contribution < -0.4 is 5.73 Å². The number of nitrogens with one attached hydrogen (secondary N) is 1. The van der Waals surface area contributed by atoms with Crippen molar-refractivity contribution in [2.24, 2.45) is 17.6 Å². The predicted octanol–water partition coefficient (Wildman–Crippen LogP) is 6.24. The molecule has 0 radical (unpaired) electrons. The zero-order valence-electron chi connectivity index (χ0n) is 17.0. The fourth-order valence-corrected chi connectivity index (χ4v) is 5.60. The van der Waals surface area contributed by atoms with Crippen molar-refractivity contribution in [2.45, 2.75) is 115 Å². The van der Waals surface area contributed by atoms with Gasteiger partial charge in [-0.3, -0.25) is 0 Å². The van der Waals surface area contributed by atoms with Crippen molar-refractivity contribution in [1.82, 2.24) is 9.97 Å². The van der Waals surface area contributed by atoms with E-state index in [2.05, 4.69) is 18.1 Å². The van der Waals surface area contributed by atoms with Gasteiger partial charge in [-0.25, -0.2) is 4.98 Å². The molecule has 148 valence electrons. The lowest BCUT2D eigenvalue weighted by Crippen LogP contribution is -2.30. The van der Waals surface area contributed by atoms with Gasteiger partial charge in [0.1, 0.15) is 5.82 Å². The molecule has 3 heteroatoms. The molecular formula is C23H41N3. The van der Waals surface area contributed by atoms with Crippen LogP contribution in [0.15, 0.2) is 6.20 Å². The molecule has 3 rings (SSSR count). The molecule has 26 heavy (non-hydrogen) atoms. The summed E-state index contributed by atoms with van der Waals surface area (Å²) in [6, 6.07) is 0.408. The van der Waals surface area contributed by atoms with Crippen molar-refractivity contribution in [3.63, 3.8) is 0 Å². The van der Waals surface area contributed by atoms with Crippen molar-refractivity contribution in [1.29, 1.82) is 0 Å². The molecular weight excluding hydrogens is 318 g/mol. The van der Waals surface area contributed by atoms with Gasteiger partial charge in [-0.15, -0.1) is 0 Å². The van der Waals surface area contributed by atoms with E-state index in [0.717, 1.165) is 17.7 Å². The van der Waals surface area contributed by atoms with E-state index in [1.165, 1.54) is 102 Å². The summed E-state index contributed by atoms with van der Waals surface area (Å²) in [4.78, 5) is 8.26. The van der Waals surface area contributed by atoms with Crippen molar-refractivity contribution in [3.05, 3.63) is 17.7 Å². The fourth-order valence-electron chi connectivity index (χ4n) is 5.60. The molecule has 0 aromatic carbocycles. The number of rotatable bonds is 1. The second kappa shape index (κ2) is 10.5. The molecule has 0 saturated heterocycles. The minimum atomic E-state index is 0.408. The molecule has 1 aromatic heterocycles. The zero-order chi connectivity index (χ0) is 18.2. The van der Waals surface area contributed by atoms with Crippen LogP contribution in [0.4, 0.5) is 0 Å². The molecule has 3 N–H and O–H groups in total. The number of imidazole rings is 1. The number of aryl methyl sites for hydroxylation is 1. The molecule has 1 heterocycles. The van der Waals surface area contributed by atoms with Gasteiger partial charge in [0.2, 0.25) is 0 Å². The van der Waals surface area contributed by atoms with Crippen LogP contribution in [0.5, 0.6) is 0 Å². The molecule has 1 aromatic rings. The third kappa shape index (κ3) is 5.84. The monoisotopic (exact) mass is 359 g/mol. The number of fused-ring (bicyclic) bond motifs is 1. The molecule has 0 amide bonds. The van der Waals surface area contributed by atoms with E-state index in [1.807, 2.05) is 0 Å². The molecule has 2 aliphatic rings. The Labute approximate surface area is 160 Å². The first-order chi connectivity index (χ1) is 12.7. The Balaban J connectivity index is 1.84. The number of aromatic amines is 1. The van der Waals surface area contributed by atoms with Crippen LogP contribution in [-0.2, 0) is 0 Å². The molecule has 2 saturated carbocycles. The molecule has 2 aliphatic carbocycles. The van der Waals surface area contributed by atoms with Gasteiger partial charge in [-0.05, 0) is 44.4 Å². The lowest BCUT2D eigenvalue weighted by molar-refractivity contribution is 0.197. The van der Waals surface area contributed by atoms with Gasteiger partial charge in [0.25, 0.3) is 0 Å². The zero-order valence-corrected chi connectivity index (χ0v) is 17.0. The maximum Gasteiger partial charge on any atom is 0.103 e. The number of hydrogen-bond donors (Lipinski definition) is 2. The number of hydrogen-bond acceptors (Lipinski definition) is 2. The highest BCUT2D eigenvalue weighted by Gasteiger charge is 2.32. The lowest BCUT2D eigenvalue weighted by Gasteiger charge is -2.35. The van der Waals surface area contributed by atoms with Crippen LogP contribution in [0.1, 0.15) is 114 Å². The van der Waals surface area contributed by atoms with E-state index in [0.29, 0.717) is 12.0 Å². The van der Waals surface area contributed by atoms with Crippen molar-refractivity contribution in [2.75, 3.05) is 0 Å². The van der Waals surface area contributed by atoms with E-state index in [4.69, 9.17) is 10.7 Å². The quantitative estimate of drug-likeness (QED) is 0.623. The second-order valence-electron chi connectivity index (χ2n) is 9.13. The topological polar surface area (TPSA) is 54.7 Å². The van der Waals surface area contributed by atoms with E-state index >= 15 is 0 Å². The highest BCUT2D eigenvalue weighted by atomic mass is 14.9. The van der Waals surface area contributed by atoms with Gasteiger partial charge in [-0.2, -0.15) is 0 Å². The van der Waals surface area contributed by atoms with Gasteiger partial charge in [0.15, 0.2) is 0 Å². The second-order valence-corrected chi connectivity index (χ2v) is 9.13. The Kier molecular flexibility index (Phi) is 8.04. The van der Waals surface area contributed by atoms with Crippen LogP contribution in [0, 0.1) is 18.8 Å². The summed E-state index contributed by atoms with van der Waals surface area (Å²) in [5.41, 5.74) is 7.94. The van der Waals surface area contributed by atoms with Crippen LogP contribution in [0.25, 0.3) is 0 Å². The molecule has 2 fully saturated rings. The molecule has 3 nitrogen and oxygen atoms in total. The van der Waals surface area contributed by atoms with E-state index in [9.17, 15) is 0 Å². The maximum absolute atomic E-state index is 6.61. The Hall–Kier alpha value is -0.830. The van der Waals surface area contributed by atoms with Gasteiger partial charge in [-0.1, -0.05) is 70.6 Å². The summed E-state index contributed by atoms with van der Waals surface area (Å²) in [6.07, 6.45) is 22.7. The Morgan fingerprint density at radius 2 is 1.46 bits per heavy atom. The Bertz CT molecular complexity index is 509. The summed E-state index contributed by atoms with van der Waals surface area (Å²) in [5, 5.41) is 0. The summed E-state index contributed by atoms with van der Waals surface area (Å²) < 4.78 is 0. The van der Waals surface area contributed by atoms with Gasteiger partial charge < -0.3 is 10.7 Å². The van der Waals surface area contributed by atoms with Crippen LogP contribution in [0.3, 0.4) is 0 Å². The first-order valence-corrected chi connectivity index (χ1v) is 11.5. The number of nitrogens with two attached hydrogens (primary N) is 1. The predicted molar refractivity (Wildman–Crippen MR) is 110 cm³/mol. The normalized spacial score (nSPS) is 33.0. The summed E-state index contributed by atoms with van der Waals surface area (Å²) in [7, 11) is 0. The Morgan fingerprint density at radius 3 is 2.15 bits per heavy atom. The molecule has 3 unspecified atom stereocenters. The standard InChI is InChI=1S/C23H41N3/c1-18-25-17-23(26-18)22-15-11-7-2-4-8-12-19-16-20(24)13-9-5-3-6-10-14-21(19)22/h17,19-22H,2-16,24H2,1H3,(H,25,26)/t19?,20?,21?,22-/m0/s1. The molecule has 0 bridgehead atoms. The smallest absolute Gasteiger partial charge is 0.103 e. The molecule has 4 atom stereocenters. The number of aromatic nitrogens is 2. The van der Waals surface area contributed by atoms with Crippen molar-refractivity contribution in [3.8, 4) is 0 Å². The maximum atomic E-state index is 6.61. The van der Waals surface area contributed by atoms with Gasteiger partial charge >= 0.3 is 0 Å². The minimum Gasteiger partial charge on any atom is -0.349 e. The van der Waals surface area contributed by atoms with E-state index in [1.54, 1.807) is 0 Å².